The van der Waals surface area contributed by atoms with Gasteiger partial charge in [-0.3, -0.25) is 10.3 Å². The molecule has 0 bridgehead atoms. The number of fused-ring (bicyclic) bond motifs is 1. The Bertz CT molecular complexity index is 881. The summed E-state index contributed by atoms with van der Waals surface area (Å²) >= 11 is 1.79. The molecule has 3 aliphatic heterocycles. The third-order valence-corrected chi connectivity index (χ3v) is 6.38. The number of nitrogens with one attached hydrogen (secondary N) is 2. The standard InChI is InChI=1S/C21H26N6S/c1-4-13(2)16-7-5-15(6-8-16)11-23-19-17-9-10-22-18(17)25-20(26-19)27-21-24-14(3)12-28-21/h5-10,13-14,21,24H,4,11-12H2,1-3H3,(H,23,26,27). The monoisotopic (exact) mass is 394 g/mol. The van der Waals surface area contributed by atoms with E-state index in [9.17, 15) is 0 Å². The van der Waals surface area contributed by atoms with E-state index in [1.54, 1.807) is 18.0 Å². The summed E-state index contributed by atoms with van der Waals surface area (Å²) in [6.07, 6.45) is 4.86. The first kappa shape index (κ1) is 19.1. The highest BCUT2D eigenvalue weighted by molar-refractivity contribution is 8.00. The average Bonchev–Trinajstić information content (AvgIpc) is 3.34. The second-order valence-corrected chi connectivity index (χ2v) is 8.45. The molecule has 3 heterocycles. The zero-order valence-electron chi connectivity index (χ0n) is 16.5. The van der Waals surface area contributed by atoms with Crippen LogP contribution in [0.4, 0.5) is 0 Å². The molecule has 7 heteroatoms. The first-order valence-electron chi connectivity index (χ1n) is 9.82. The van der Waals surface area contributed by atoms with E-state index < -0.39 is 0 Å². The molecule has 1 aromatic rings. The minimum absolute atomic E-state index is 0.0205. The van der Waals surface area contributed by atoms with E-state index in [2.05, 4.69) is 70.6 Å². The summed E-state index contributed by atoms with van der Waals surface area (Å²) < 4.78 is 0. The Morgan fingerprint density at radius 1 is 1.29 bits per heavy atom. The molecule has 6 nitrogen and oxygen atoms in total. The van der Waals surface area contributed by atoms with Crippen molar-refractivity contribution in [1.82, 2.24) is 10.6 Å². The van der Waals surface area contributed by atoms with Crippen molar-refractivity contribution in [2.24, 2.45) is 20.0 Å². The molecule has 1 aromatic carbocycles. The Hall–Kier alpha value is -2.25. The molecule has 1 fully saturated rings. The molecular weight excluding hydrogens is 368 g/mol. The lowest BCUT2D eigenvalue weighted by molar-refractivity contribution is 0.613. The molecule has 146 valence electrons. The summed E-state index contributed by atoms with van der Waals surface area (Å²) in [7, 11) is 0. The van der Waals surface area contributed by atoms with Gasteiger partial charge in [0.25, 0.3) is 0 Å². The van der Waals surface area contributed by atoms with Gasteiger partial charge in [-0.05, 0) is 36.5 Å². The fraction of sp³-hybridized carbons (Fsp3) is 0.429. The molecule has 1 saturated heterocycles. The van der Waals surface area contributed by atoms with Crippen LogP contribution in [0.1, 0.15) is 44.2 Å². The van der Waals surface area contributed by atoms with E-state index in [1.165, 1.54) is 11.1 Å². The van der Waals surface area contributed by atoms with Crippen molar-refractivity contribution in [3.8, 4) is 0 Å². The highest BCUT2D eigenvalue weighted by Crippen LogP contribution is 2.21. The summed E-state index contributed by atoms with van der Waals surface area (Å²) in [5, 5.41) is 6.71. The van der Waals surface area contributed by atoms with E-state index in [1.807, 2.05) is 6.08 Å². The Morgan fingerprint density at radius 2 is 2.11 bits per heavy atom. The van der Waals surface area contributed by atoms with Gasteiger partial charge in [-0.25, -0.2) is 9.98 Å². The zero-order valence-corrected chi connectivity index (χ0v) is 17.3. The van der Waals surface area contributed by atoms with E-state index in [0.29, 0.717) is 30.3 Å². The highest BCUT2D eigenvalue weighted by Gasteiger charge is 2.26. The van der Waals surface area contributed by atoms with Crippen LogP contribution in [-0.4, -0.2) is 41.1 Å². The molecule has 4 rings (SSSR count). The van der Waals surface area contributed by atoms with E-state index in [4.69, 9.17) is 4.99 Å². The van der Waals surface area contributed by atoms with Crippen molar-refractivity contribution in [1.29, 1.82) is 0 Å². The normalized spacial score (nSPS) is 27.5. The number of hydrogen-bond acceptors (Lipinski definition) is 5. The van der Waals surface area contributed by atoms with E-state index in [0.717, 1.165) is 23.6 Å². The van der Waals surface area contributed by atoms with Crippen molar-refractivity contribution in [2.45, 2.75) is 51.2 Å². The molecule has 0 aromatic heterocycles. The Labute approximate surface area is 170 Å². The fourth-order valence-electron chi connectivity index (χ4n) is 3.21. The molecular formula is C21H26N6S. The van der Waals surface area contributed by atoms with Crippen molar-refractivity contribution in [3.63, 3.8) is 0 Å². The molecule has 0 amide bonds. The number of thioether (sulfide) groups is 1. The van der Waals surface area contributed by atoms with Crippen LogP contribution >= 0.6 is 11.8 Å². The van der Waals surface area contributed by atoms with Gasteiger partial charge in [-0.1, -0.05) is 38.1 Å². The number of nitrogens with zero attached hydrogens (tertiary/aromatic N) is 4. The third-order valence-electron chi connectivity index (χ3n) is 5.13. The van der Waals surface area contributed by atoms with Crippen LogP contribution in [-0.2, 0) is 6.54 Å². The minimum Gasteiger partial charge on any atom is -0.309 e. The molecule has 0 saturated carbocycles. The fourth-order valence-corrected chi connectivity index (χ4v) is 4.28. The largest absolute Gasteiger partial charge is 0.309 e. The average molecular weight is 395 g/mol. The summed E-state index contributed by atoms with van der Waals surface area (Å²) in [6, 6.07) is 9.21. The minimum atomic E-state index is 0.0205. The lowest BCUT2D eigenvalue weighted by atomic mass is 9.98. The van der Waals surface area contributed by atoms with Gasteiger partial charge in [0.05, 0.1) is 12.1 Å². The van der Waals surface area contributed by atoms with Crippen molar-refractivity contribution < 1.29 is 0 Å². The van der Waals surface area contributed by atoms with Crippen LogP contribution in [0.25, 0.3) is 0 Å². The molecule has 28 heavy (non-hydrogen) atoms. The van der Waals surface area contributed by atoms with Crippen molar-refractivity contribution in [2.75, 3.05) is 5.75 Å². The van der Waals surface area contributed by atoms with Crippen LogP contribution < -0.4 is 10.6 Å². The maximum atomic E-state index is 4.80. The van der Waals surface area contributed by atoms with E-state index >= 15 is 0 Å². The Morgan fingerprint density at radius 3 is 2.82 bits per heavy atom. The van der Waals surface area contributed by atoms with Crippen LogP contribution in [0.2, 0.25) is 0 Å². The van der Waals surface area contributed by atoms with E-state index in [-0.39, 0.29) is 5.50 Å². The number of amidine groups is 2. The molecule has 0 spiro atoms. The number of allylic oxidation sites excluding steroid dienone is 1. The summed E-state index contributed by atoms with van der Waals surface area (Å²) in [4.78, 5) is 18.4. The number of benzene rings is 1. The number of rotatable bonds is 5. The van der Waals surface area contributed by atoms with Crippen LogP contribution in [0.15, 0.2) is 55.9 Å². The summed E-state index contributed by atoms with van der Waals surface area (Å²) in [6.45, 7) is 7.24. The third kappa shape index (κ3) is 4.25. The maximum absolute atomic E-state index is 4.80. The lowest BCUT2D eigenvalue weighted by Crippen LogP contribution is -2.39. The van der Waals surface area contributed by atoms with Crippen LogP contribution in [0.3, 0.4) is 0 Å². The second-order valence-electron chi connectivity index (χ2n) is 7.34. The van der Waals surface area contributed by atoms with Gasteiger partial charge in [-0.15, -0.1) is 11.8 Å². The zero-order chi connectivity index (χ0) is 19.5. The van der Waals surface area contributed by atoms with Gasteiger partial charge in [0.2, 0.25) is 5.96 Å². The Balaban J connectivity index is 1.50. The summed E-state index contributed by atoms with van der Waals surface area (Å²) in [5.41, 5.74) is 3.51. The molecule has 2 N–H and O–H groups in total. The smallest absolute Gasteiger partial charge is 0.228 e. The lowest BCUT2D eigenvalue weighted by Gasteiger charge is -2.18. The van der Waals surface area contributed by atoms with Gasteiger partial charge in [0, 0.05) is 18.0 Å². The molecule has 0 radical (unpaired) electrons. The van der Waals surface area contributed by atoms with Gasteiger partial charge >= 0.3 is 0 Å². The molecule has 3 aliphatic rings. The Kier molecular flexibility index (Phi) is 5.73. The molecule has 3 unspecified atom stereocenters. The SMILES string of the molecule is CCC(C)c1ccc(CN=C2NC(=NC3NC(C)CS3)N=C3N=CC=C32)cc1. The number of hydrogen-bond donors (Lipinski definition) is 2. The maximum Gasteiger partial charge on any atom is 0.228 e. The predicted octanol–water partition coefficient (Wildman–Crippen LogP) is 3.48. The van der Waals surface area contributed by atoms with Crippen LogP contribution in [0.5, 0.6) is 0 Å². The van der Waals surface area contributed by atoms with Gasteiger partial charge in [0.1, 0.15) is 5.84 Å². The predicted molar refractivity (Wildman–Crippen MR) is 120 cm³/mol. The molecule has 0 aliphatic carbocycles. The van der Waals surface area contributed by atoms with Gasteiger partial charge in [-0.2, -0.15) is 4.99 Å². The first-order valence-corrected chi connectivity index (χ1v) is 10.9. The van der Waals surface area contributed by atoms with Crippen molar-refractivity contribution in [3.05, 3.63) is 47.0 Å². The first-order chi connectivity index (χ1) is 13.6. The molecule has 3 atom stereocenters. The second kappa shape index (κ2) is 8.41. The number of aliphatic imine (C=N–C) groups is 4. The van der Waals surface area contributed by atoms with Gasteiger partial charge in [0.15, 0.2) is 11.3 Å². The summed E-state index contributed by atoms with van der Waals surface area (Å²) in [5.74, 6) is 3.66. The van der Waals surface area contributed by atoms with Gasteiger partial charge < -0.3 is 5.32 Å². The van der Waals surface area contributed by atoms with Crippen LogP contribution in [0, 0.1) is 0 Å². The quantitative estimate of drug-likeness (QED) is 0.803. The van der Waals surface area contributed by atoms with Crippen molar-refractivity contribution >= 4 is 35.6 Å². The number of guanidine groups is 1. The topological polar surface area (TPSA) is 73.5 Å². The highest BCUT2D eigenvalue weighted by atomic mass is 32.2.